The van der Waals surface area contributed by atoms with Crippen molar-refractivity contribution in [3.63, 3.8) is 0 Å². The van der Waals surface area contributed by atoms with Crippen LogP contribution in [0.15, 0.2) is 133 Å². The topological polar surface area (TPSA) is 0 Å². The summed E-state index contributed by atoms with van der Waals surface area (Å²) in [5, 5.41) is 35.1. The van der Waals surface area contributed by atoms with Crippen LogP contribution in [-0.4, -0.2) is 0 Å². The fourth-order valence-corrected chi connectivity index (χ4v) is 19.7. The fraction of sp³-hybridized carbons (Fsp3) is 0.206. The van der Waals surface area contributed by atoms with E-state index in [0.717, 1.165) is 38.5 Å². The molecule has 0 radical (unpaired) electrons. The largest absolute Gasteiger partial charge is 0.0653 e. The van der Waals surface area contributed by atoms with E-state index in [1.165, 1.54) is 135 Å². The fourth-order valence-electron chi connectivity index (χ4n) is 19.7. The molecule has 0 saturated heterocycles. The third kappa shape index (κ3) is 2.89. The van der Waals surface area contributed by atoms with Crippen LogP contribution in [0.4, 0.5) is 0 Å². The SMILES string of the molecule is CCC[C@]12c3ccccc3[C@]3(CCC)c4cccc5c4[C@](CCC)(c4c1cc1c6cccc7c8cccc9c%10cccc%11c%12cccc%13c%14ccc-5c5c4c1c1c(c76)c(c98)c(c%10%11)c(c%12%13)c1c%145)[C@]23C. The van der Waals surface area contributed by atoms with Crippen LogP contribution < -0.4 is 0 Å². The van der Waals surface area contributed by atoms with Crippen molar-refractivity contribution in [1.29, 1.82) is 0 Å². The lowest BCUT2D eigenvalue weighted by Crippen LogP contribution is -2.54. The van der Waals surface area contributed by atoms with Crippen molar-refractivity contribution in [2.45, 2.75) is 82.5 Å². The molecule has 0 N–H and O–H groups in total. The molecule has 0 spiro atoms. The summed E-state index contributed by atoms with van der Waals surface area (Å²) in [4.78, 5) is 0. The highest BCUT2D eigenvalue weighted by Gasteiger charge is 2.83. The summed E-state index contributed by atoms with van der Waals surface area (Å²) in [5.74, 6) is 0. The predicted molar refractivity (Wildman–Crippen MR) is 291 cm³/mol. The van der Waals surface area contributed by atoms with Crippen molar-refractivity contribution in [3.8, 4) is 11.1 Å². The third-order valence-corrected chi connectivity index (χ3v) is 20.9. The van der Waals surface area contributed by atoms with Crippen molar-refractivity contribution >= 4 is 129 Å². The van der Waals surface area contributed by atoms with E-state index in [4.69, 9.17) is 0 Å². The van der Waals surface area contributed by atoms with Gasteiger partial charge in [0.05, 0.1) is 0 Å². The van der Waals surface area contributed by atoms with Gasteiger partial charge in [-0.1, -0.05) is 174 Å². The van der Waals surface area contributed by atoms with E-state index in [1.807, 2.05) is 0 Å². The maximum absolute atomic E-state index is 2.88. The summed E-state index contributed by atoms with van der Waals surface area (Å²) in [6, 6.07) is 54.8. The van der Waals surface area contributed by atoms with Crippen LogP contribution >= 0.6 is 0 Å². The molecule has 0 fully saturated rings. The van der Waals surface area contributed by atoms with Gasteiger partial charge in [0.25, 0.3) is 0 Å². The van der Waals surface area contributed by atoms with E-state index in [-0.39, 0.29) is 21.7 Å². The third-order valence-electron chi connectivity index (χ3n) is 20.9. The van der Waals surface area contributed by atoms with Gasteiger partial charge < -0.3 is 0 Å². The molecule has 0 aromatic heterocycles. The quantitative estimate of drug-likeness (QED) is 0.115. The standard InChI is InChI=1S/C68H46/c1-5-29-66-45-24-8-9-25-46(45)67(30-6-2)48-32-44-40-22-13-20-38-37-18-11-16-34-33-15-10-17-35-36-19-12-21-39-41-27-28-42-43-23-14-26-47(66)63(43)68(31-7-3,65(66,67)4)64(48)62-54(42)53(41)60-58(51(36)39)56(49(33)35)57(50(34)37)59(52(38)40)61(60)55(44)62/h8-28,32H,5-7,29-31H2,1-4H3/t65-,66+,67-,68+/m0/s1. The molecule has 15 aromatic rings. The monoisotopic (exact) mass is 862 g/mol. The summed E-state index contributed by atoms with van der Waals surface area (Å²) in [5.41, 5.74) is 12.2. The van der Waals surface area contributed by atoms with Crippen molar-refractivity contribution in [2.24, 2.45) is 5.41 Å². The van der Waals surface area contributed by atoms with Crippen LogP contribution in [0.5, 0.6) is 0 Å². The number of benzene rings is 15. The van der Waals surface area contributed by atoms with E-state index in [0.29, 0.717) is 0 Å². The molecule has 19 rings (SSSR count). The first-order chi connectivity index (χ1) is 33.5. The lowest BCUT2D eigenvalue weighted by atomic mass is 9.48. The van der Waals surface area contributed by atoms with Gasteiger partial charge in [0, 0.05) is 21.7 Å². The summed E-state index contributed by atoms with van der Waals surface area (Å²) in [6.07, 6.45) is 6.87. The molecule has 4 aliphatic rings. The maximum Gasteiger partial charge on any atom is 0.0298 e. The Morgan fingerprint density at radius 2 is 0.676 bits per heavy atom. The Morgan fingerprint density at radius 3 is 1.18 bits per heavy atom. The molecule has 0 amide bonds. The van der Waals surface area contributed by atoms with Crippen LogP contribution in [0.3, 0.4) is 0 Å². The predicted octanol–water partition coefficient (Wildman–Crippen LogP) is 18.7. The molecular weight excluding hydrogens is 817 g/mol. The Labute approximate surface area is 393 Å². The van der Waals surface area contributed by atoms with Gasteiger partial charge in [-0.05, 0) is 199 Å². The van der Waals surface area contributed by atoms with Crippen molar-refractivity contribution in [2.75, 3.05) is 0 Å². The Morgan fingerprint density at radius 1 is 0.279 bits per heavy atom. The average molecular weight is 863 g/mol. The smallest absolute Gasteiger partial charge is 0.0298 e. The lowest BCUT2D eigenvalue weighted by Gasteiger charge is -2.53. The van der Waals surface area contributed by atoms with Gasteiger partial charge in [-0.25, -0.2) is 0 Å². The highest BCUT2D eigenvalue weighted by atomic mass is 14.8. The summed E-state index contributed by atoms with van der Waals surface area (Å²) in [6.45, 7) is 10.3. The van der Waals surface area contributed by atoms with Gasteiger partial charge in [0.1, 0.15) is 0 Å². The van der Waals surface area contributed by atoms with Gasteiger partial charge >= 0.3 is 0 Å². The zero-order valence-electron chi connectivity index (χ0n) is 38.9. The molecule has 0 aliphatic heterocycles. The van der Waals surface area contributed by atoms with Gasteiger partial charge in [0.15, 0.2) is 0 Å². The molecule has 0 heterocycles. The summed E-state index contributed by atoms with van der Waals surface area (Å²) < 4.78 is 0. The Bertz CT molecular complexity index is 4830. The average Bonchev–Trinajstić information content (AvgIpc) is 3.76. The normalized spacial score (nSPS) is 23.6. The highest BCUT2D eigenvalue weighted by molar-refractivity contribution is 6.61. The molecular formula is C68H46. The molecule has 0 bridgehead atoms. The van der Waals surface area contributed by atoms with Crippen LogP contribution in [0.2, 0.25) is 0 Å². The van der Waals surface area contributed by atoms with Gasteiger partial charge in [0.2, 0.25) is 0 Å². The molecule has 68 heavy (non-hydrogen) atoms. The molecule has 0 nitrogen and oxygen atoms in total. The summed E-state index contributed by atoms with van der Waals surface area (Å²) in [7, 11) is 0. The molecule has 4 atom stereocenters. The summed E-state index contributed by atoms with van der Waals surface area (Å²) >= 11 is 0. The van der Waals surface area contributed by atoms with Crippen LogP contribution in [-0.2, 0) is 16.2 Å². The molecule has 0 heteroatoms. The first-order valence-corrected chi connectivity index (χ1v) is 26.0. The second-order valence-corrected chi connectivity index (χ2v) is 22.5. The molecule has 0 saturated carbocycles. The number of fused-ring (bicyclic) bond motifs is 11. The van der Waals surface area contributed by atoms with Crippen molar-refractivity contribution in [3.05, 3.63) is 167 Å². The maximum atomic E-state index is 2.88. The zero-order valence-corrected chi connectivity index (χ0v) is 38.9. The highest BCUT2D eigenvalue weighted by Crippen LogP contribution is 2.87. The van der Waals surface area contributed by atoms with E-state index < -0.39 is 0 Å². The van der Waals surface area contributed by atoms with Gasteiger partial charge in [-0.3, -0.25) is 0 Å². The first-order valence-electron chi connectivity index (χ1n) is 26.0. The number of rotatable bonds is 6. The number of hydrogen-bond donors (Lipinski definition) is 0. The molecule has 15 aromatic carbocycles. The Hall–Kier alpha value is -7.02. The van der Waals surface area contributed by atoms with E-state index in [1.54, 1.807) is 38.8 Å². The lowest BCUT2D eigenvalue weighted by molar-refractivity contribution is 0.0546. The second-order valence-electron chi connectivity index (χ2n) is 22.5. The minimum Gasteiger partial charge on any atom is -0.0653 e. The van der Waals surface area contributed by atoms with Crippen molar-refractivity contribution in [1.82, 2.24) is 0 Å². The van der Waals surface area contributed by atoms with E-state index >= 15 is 0 Å². The second kappa shape index (κ2) is 10.5. The minimum atomic E-state index is -0.199. The van der Waals surface area contributed by atoms with E-state index in [2.05, 4.69) is 161 Å². The zero-order chi connectivity index (χ0) is 44.3. The van der Waals surface area contributed by atoms with Crippen LogP contribution in [0.1, 0.15) is 99.6 Å². The molecule has 4 aliphatic carbocycles. The number of hydrogen-bond acceptors (Lipinski definition) is 0. The minimum absolute atomic E-state index is 0.126. The first kappa shape index (κ1) is 35.2. The molecule has 318 valence electrons. The Kier molecular flexibility index (Phi) is 5.43. The molecule has 0 unspecified atom stereocenters. The Balaban J connectivity index is 1.23. The van der Waals surface area contributed by atoms with Gasteiger partial charge in [-0.2, -0.15) is 0 Å². The van der Waals surface area contributed by atoms with Gasteiger partial charge in [-0.15, -0.1) is 0 Å². The van der Waals surface area contributed by atoms with Crippen LogP contribution in [0.25, 0.3) is 140 Å². The van der Waals surface area contributed by atoms with Crippen molar-refractivity contribution < 1.29 is 0 Å². The van der Waals surface area contributed by atoms with E-state index in [9.17, 15) is 0 Å². The van der Waals surface area contributed by atoms with Crippen LogP contribution in [0, 0.1) is 5.41 Å².